The number of aromatic nitrogens is 1. The van der Waals surface area contributed by atoms with Crippen LogP contribution < -0.4 is 16.0 Å². The average Bonchev–Trinajstić information content (AvgIpc) is 2.45. The van der Waals surface area contributed by atoms with Crippen LogP contribution in [-0.2, 0) is 0 Å². The maximum absolute atomic E-state index is 5.24. The van der Waals surface area contributed by atoms with Gasteiger partial charge in [-0.2, -0.15) is 0 Å². The van der Waals surface area contributed by atoms with Crippen LogP contribution in [0.1, 0.15) is 5.56 Å². The smallest absolute Gasteiger partial charge is 0.170 e. The van der Waals surface area contributed by atoms with Crippen LogP contribution in [0.15, 0.2) is 48.7 Å². The molecule has 0 aliphatic rings. The first-order chi connectivity index (χ1) is 9.74. The summed E-state index contributed by atoms with van der Waals surface area (Å²) in [6.45, 7) is 3.54. The topological polar surface area (TPSA) is 49.0 Å². The Morgan fingerprint density at radius 3 is 2.80 bits per heavy atom. The third-order valence-corrected chi connectivity index (χ3v) is 2.90. The van der Waals surface area contributed by atoms with Crippen molar-refractivity contribution in [2.24, 2.45) is 0 Å². The van der Waals surface area contributed by atoms with E-state index in [1.807, 2.05) is 30.3 Å². The van der Waals surface area contributed by atoms with Crippen molar-refractivity contribution in [1.82, 2.24) is 10.3 Å². The summed E-state index contributed by atoms with van der Waals surface area (Å²) in [5.41, 5.74) is 2.20. The average molecular weight is 286 g/mol. The Balaban J connectivity index is 1.68. The van der Waals surface area contributed by atoms with Gasteiger partial charge in [0.1, 0.15) is 5.82 Å². The van der Waals surface area contributed by atoms with E-state index in [-0.39, 0.29) is 0 Å². The summed E-state index contributed by atoms with van der Waals surface area (Å²) in [5, 5.41) is 10.1. The summed E-state index contributed by atoms with van der Waals surface area (Å²) in [4.78, 5) is 4.19. The highest BCUT2D eigenvalue weighted by Crippen LogP contribution is 2.08. The summed E-state index contributed by atoms with van der Waals surface area (Å²) < 4.78 is 0. The quantitative estimate of drug-likeness (QED) is 0.583. The van der Waals surface area contributed by atoms with Gasteiger partial charge < -0.3 is 16.0 Å². The highest BCUT2D eigenvalue weighted by atomic mass is 32.1. The Labute approximate surface area is 124 Å². The zero-order chi connectivity index (χ0) is 14.2. The van der Waals surface area contributed by atoms with Crippen LogP contribution in [0.4, 0.5) is 11.5 Å². The number of nitrogens with zero attached hydrogens (tertiary/aromatic N) is 1. The van der Waals surface area contributed by atoms with E-state index < -0.39 is 0 Å². The molecule has 3 N–H and O–H groups in total. The second kappa shape index (κ2) is 7.45. The van der Waals surface area contributed by atoms with Crippen molar-refractivity contribution in [3.8, 4) is 0 Å². The summed E-state index contributed by atoms with van der Waals surface area (Å²) >= 11 is 5.24. The van der Waals surface area contributed by atoms with Crippen molar-refractivity contribution in [2.75, 3.05) is 23.7 Å². The van der Waals surface area contributed by atoms with Crippen molar-refractivity contribution < 1.29 is 0 Å². The van der Waals surface area contributed by atoms with E-state index in [1.54, 1.807) is 6.20 Å². The van der Waals surface area contributed by atoms with Crippen molar-refractivity contribution in [3.05, 3.63) is 54.2 Å². The summed E-state index contributed by atoms with van der Waals surface area (Å²) in [6.07, 6.45) is 1.76. The molecular formula is C15H18N4S. The van der Waals surface area contributed by atoms with E-state index in [4.69, 9.17) is 12.2 Å². The van der Waals surface area contributed by atoms with Gasteiger partial charge in [-0.3, -0.25) is 0 Å². The second-order valence-electron chi connectivity index (χ2n) is 4.39. The maximum atomic E-state index is 5.24. The molecule has 0 saturated carbocycles. The zero-order valence-corrected chi connectivity index (χ0v) is 12.2. The fraction of sp³-hybridized carbons (Fsp3) is 0.200. The Hall–Kier alpha value is -2.14. The minimum absolute atomic E-state index is 0.624. The van der Waals surface area contributed by atoms with Crippen LogP contribution >= 0.6 is 12.2 Å². The van der Waals surface area contributed by atoms with Gasteiger partial charge in [0.2, 0.25) is 0 Å². The molecule has 0 aliphatic heterocycles. The van der Waals surface area contributed by atoms with Gasteiger partial charge in [0.15, 0.2) is 5.11 Å². The Morgan fingerprint density at radius 2 is 2.05 bits per heavy atom. The van der Waals surface area contributed by atoms with Crippen LogP contribution in [-0.4, -0.2) is 23.2 Å². The second-order valence-corrected chi connectivity index (χ2v) is 4.80. The van der Waals surface area contributed by atoms with Crippen LogP contribution in [0.5, 0.6) is 0 Å². The fourth-order valence-corrected chi connectivity index (χ4v) is 1.95. The summed E-state index contributed by atoms with van der Waals surface area (Å²) in [5.74, 6) is 0.867. The van der Waals surface area contributed by atoms with Crippen molar-refractivity contribution in [2.45, 2.75) is 6.92 Å². The number of hydrogen-bond acceptors (Lipinski definition) is 3. The molecule has 0 amide bonds. The molecule has 4 nitrogen and oxygen atoms in total. The Morgan fingerprint density at radius 1 is 1.15 bits per heavy atom. The van der Waals surface area contributed by atoms with Crippen molar-refractivity contribution >= 4 is 28.8 Å². The lowest BCUT2D eigenvalue weighted by Crippen LogP contribution is -2.32. The first-order valence-corrected chi connectivity index (χ1v) is 6.91. The lowest BCUT2D eigenvalue weighted by molar-refractivity contribution is 0.910. The van der Waals surface area contributed by atoms with Gasteiger partial charge >= 0.3 is 0 Å². The van der Waals surface area contributed by atoms with Gasteiger partial charge in [-0.05, 0) is 49.0 Å². The van der Waals surface area contributed by atoms with Crippen LogP contribution in [0.2, 0.25) is 0 Å². The summed E-state index contributed by atoms with van der Waals surface area (Å²) in [7, 11) is 0. The predicted molar refractivity (Wildman–Crippen MR) is 88.1 cm³/mol. The SMILES string of the molecule is Cc1cccc(NC(=S)NCCNc2ccccn2)c1. The van der Waals surface area contributed by atoms with E-state index >= 15 is 0 Å². The van der Waals surface area contributed by atoms with E-state index in [9.17, 15) is 0 Å². The van der Waals surface area contributed by atoms with Gasteiger partial charge in [-0.15, -0.1) is 0 Å². The number of anilines is 2. The Kier molecular flexibility index (Phi) is 5.32. The number of aryl methyl sites for hydroxylation is 1. The Bertz CT molecular complexity index is 557. The van der Waals surface area contributed by atoms with Gasteiger partial charge in [0.05, 0.1) is 0 Å². The molecular weight excluding hydrogens is 268 g/mol. The fourth-order valence-electron chi connectivity index (χ4n) is 1.73. The first-order valence-electron chi connectivity index (χ1n) is 6.50. The van der Waals surface area contributed by atoms with Gasteiger partial charge in [0.25, 0.3) is 0 Å². The van der Waals surface area contributed by atoms with Crippen molar-refractivity contribution in [3.63, 3.8) is 0 Å². The number of benzene rings is 1. The lowest BCUT2D eigenvalue weighted by Gasteiger charge is -2.11. The molecule has 0 saturated heterocycles. The molecule has 1 heterocycles. The molecule has 5 heteroatoms. The third kappa shape index (κ3) is 4.85. The highest BCUT2D eigenvalue weighted by Gasteiger charge is 1.97. The maximum Gasteiger partial charge on any atom is 0.170 e. The molecule has 20 heavy (non-hydrogen) atoms. The number of rotatable bonds is 5. The monoisotopic (exact) mass is 286 g/mol. The molecule has 2 rings (SSSR count). The van der Waals surface area contributed by atoms with Crippen LogP contribution in [0.3, 0.4) is 0 Å². The third-order valence-electron chi connectivity index (χ3n) is 2.66. The van der Waals surface area contributed by atoms with E-state index in [0.717, 1.165) is 24.6 Å². The predicted octanol–water partition coefficient (Wildman–Crippen LogP) is 2.79. The largest absolute Gasteiger partial charge is 0.368 e. The molecule has 104 valence electrons. The van der Waals surface area contributed by atoms with Crippen molar-refractivity contribution in [1.29, 1.82) is 0 Å². The van der Waals surface area contributed by atoms with Gasteiger partial charge in [0, 0.05) is 25.0 Å². The first kappa shape index (κ1) is 14.3. The van der Waals surface area contributed by atoms with E-state index in [2.05, 4.69) is 40.0 Å². The van der Waals surface area contributed by atoms with E-state index in [0.29, 0.717) is 5.11 Å². The number of hydrogen-bond donors (Lipinski definition) is 3. The van der Waals surface area contributed by atoms with Gasteiger partial charge in [-0.25, -0.2) is 4.98 Å². The molecule has 2 aromatic rings. The normalized spacial score (nSPS) is 9.85. The molecule has 0 spiro atoms. The van der Waals surface area contributed by atoms with E-state index in [1.165, 1.54) is 5.56 Å². The molecule has 0 fully saturated rings. The molecule has 0 bridgehead atoms. The number of nitrogens with one attached hydrogen (secondary N) is 3. The number of pyridine rings is 1. The highest BCUT2D eigenvalue weighted by molar-refractivity contribution is 7.80. The molecule has 0 atom stereocenters. The standard InChI is InChI=1S/C15H18N4S/c1-12-5-4-6-13(11-12)19-15(20)18-10-9-17-14-7-2-3-8-16-14/h2-8,11H,9-10H2,1H3,(H,16,17)(H2,18,19,20). The minimum atomic E-state index is 0.624. The minimum Gasteiger partial charge on any atom is -0.368 e. The molecule has 0 aliphatic carbocycles. The van der Waals surface area contributed by atoms with Crippen LogP contribution in [0.25, 0.3) is 0 Å². The molecule has 0 unspecified atom stereocenters. The van der Waals surface area contributed by atoms with Gasteiger partial charge in [-0.1, -0.05) is 18.2 Å². The molecule has 1 aromatic heterocycles. The van der Waals surface area contributed by atoms with Crippen LogP contribution in [0, 0.1) is 6.92 Å². The zero-order valence-electron chi connectivity index (χ0n) is 11.4. The molecule has 0 radical (unpaired) electrons. The summed E-state index contributed by atoms with van der Waals surface area (Å²) in [6, 6.07) is 13.9. The number of thiocarbonyl (C=S) groups is 1. The molecule has 1 aromatic carbocycles. The lowest BCUT2D eigenvalue weighted by atomic mass is 10.2.